The van der Waals surface area contributed by atoms with E-state index in [0.717, 1.165) is 12.8 Å². The summed E-state index contributed by atoms with van der Waals surface area (Å²) in [7, 11) is 0. The van der Waals surface area contributed by atoms with Gasteiger partial charge in [0.15, 0.2) is 0 Å². The van der Waals surface area contributed by atoms with Crippen LogP contribution in [0.1, 0.15) is 26.7 Å². The van der Waals surface area contributed by atoms with Crippen molar-refractivity contribution in [3.63, 3.8) is 0 Å². The topological polar surface area (TPSA) is 64.3 Å². The van der Waals surface area contributed by atoms with E-state index >= 15 is 0 Å². The standard InChI is InChI=1S/C9H20N2O2/c1-3-8(2)11-9(12)7-13-6-4-5-10/h8H,3-7,10H2,1-2H3,(H,11,12). The van der Waals surface area contributed by atoms with Crippen molar-refractivity contribution in [2.75, 3.05) is 19.8 Å². The Morgan fingerprint density at radius 1 is 1.62 bits per heavy atom. The molecule has 0 aromatic carbocycles. The molecule has 3 N–H and O–H groups in total. The fourth-order valence-electron chi connectivity index (χ4n) is 0.769. The first-order valence-corrected chi connectivity index (χ1v) is 4.77. The van der Waals surface area contributed by atoms with Gasteiger partial charge in [-0.3, -0.25) is 4.79 Å². The number of hydrogen-bond donors (Lipinski definition) is 2. The molecule has 78 valence electrons. The van der Waals surface area contributed by atoms with Crippen LogP contribution in [-0.2, 0) is 9.53 Å². The minimum Gasteiger partial charge on any atom is -0.372 e. The first kappa shape index (κ1) is 12.4. The highest BCUT2D eigenvalue weighted by atomic mass is 16.5. The summed E-state index contributed by atoms with van der Waals surface area (Å²) in [6.45, 7) is 5.31. The maximum Gasteiger partial charge on any atom is 0.246 e. The van der Waals surface area contributed by atoms with Crippen LogP contribution in [0.3, 0.4) is 0 Å². The lowest BCUT2D eigenvalue weighted by atomic mass is 10.2. The second-order valence-corrected chi connectivity index (χ2v) is 3.07. The van der Waals surface area contributed by atoms with Crippen molar-refractivity contribution in [3.8, 4) is 0 Å². The summed E-state index contributed by atoms with van der Waals surface area (Å²) in [6.07, 6.45) is 1.74. The summed E-state index contributed by atoms with van der Waals surface area (Å²) in [6, 6.07) is 0.227. The Hall–Kier alpha value is -0.610. The second-order valence-electron chi connectivity index (χ2n) is 3.07. The molecule has 0 saturated carbocycles. The fourth-order valence-corrected chi connectivity index (χ4v) is 0.769. The van der Waals surface area contributed by atoms with E-state index in [1.807, 2.05) is 13.8 Å². The Bertz CT molecular complexity index is 140. The molecule has 0 spiro atoms. The van der Waals surface area contributed by atoms with Crippen LogP contribution in [0.2, 0.25) is 0 Å². The van der Waals surface area contributed by atoms with Gasteiger partial charge in [-0.15, -0.1) is 0 Å². The van der Waals surface area contributed by atoms with Gasteiger partial charge in [0.1, 0.15) is 6.61 Å². The predicted octanol–water partition coefficient (Wildman–Crippen LogP) is 0.267. The third kappa shape index (κ3) is 7.74. The van der Waals surface area contributed by atoms with Crippen molar-refractivity contribution in [1.82, 2.24) is 5.32 Å². The van der Waals surface area contributed by atoms with E-state index in [9.17, 15) is 4.79 Å². The molecule has 0 aromatic heterocycles. The number of nitrogens with two attached hydrogens (primary N) is 1. The van der Waals surface area contributed by atoms with Crippen LogP contribution in [0.4, 0.5) is 0 Å². The zero-order chi connectivity index (χ0) is 10.1. The molecule has 0 aliphatic carbocycles. The van der Waals surface area contributed by atoms with Crippen LogP contribution in [0.15, 0.2) is 0 Å². The molecule has 0 bridgehead atoms. The normalized spacial score (nSPS) is 12.5. The average Bonchev–Trinajstić information content (AvgIpc) is 2.12. The Morgan fingerprint density at radius 3 is 2.85 bits per heavy atom. The largest absolute Gasteiger partial charge is 0.372 e. The molecule has 1 amide bonds. The van der Waals surface area contributed by atoms with Crippen molar-refractivity contribution in [2.45, 2.75) is 32.7 Å². The predicted molar refractivity (Wildman–Crippen MR) is 52.4 cm³/mol. The van der Waals surface area contributed by atoms with Crippen LogP contribution in [-0.4, -0.2) is 31.7 Å². The fraction of sp³-hybridized carbons (Fsp3) is 0.889. The number of ether oxygens (including phenoxy) is 1. The van der Waals surface area contributed by atoms with Crippen molar-refractivity contribution < 1.29 is 9.53 Å². The summed E-state index contributed by atoms with van der Waals surface area (Å²) in [5.41, 5.74) is 5.27. The van der Waals surface area contributed by atoms with Crippen molar-refractivity contribution in [1.29, 1.82) is 0 Å². The molecule has 0 aliphatic rings. The van der Waals surface area contributed by atoms with Gasteiger partial charge in [0.25, 0.3) is 0 Å². The first-order valence-electron chi connectivity index (χ1n) is 4.77. The average molecular weight is 188 g/mol. The highest BCUT2D eigenvalue weighted by molar-refractivity contribution is 5.77. The van der Waals surface area contributed by atoms with Crippen LogP contribution in [0.5, 0.6) is 0 Å². The smallest absolute Gasteiger partial charge is 0.246 e. The number of amides is 1. The first-order chi connectivity index (χ1) is 6.20. The van der Waals surface area contributed by atoms with Gasteiger partial charge in [0.05, 0.1) is 0 Å². The van der Waals surface area contributed by atoms with E-state index in [4.69, 9.17) is 10.5 Å². The van der Waals surface area contributed by atoms with Crippen LogP contribution in [0, 0.1) is 0 Å². The molecule has 13 heavy (non-hydrogen) atoms. The van der Waals surface area contributed by atoms with Crippen LogP contribution in [0.25, 0.3) is 0 Å². The molecule has 4 heteroatoms. The zero-order valence-electron chi connectivity index (χ0n) is 8.51. The summed E-state index contributed by atoms with van der Waals surface area (Å²) >= 11 is 0. The maximum atomic E-state index is 11.1. The molecule has 0 fully saturated rings. The molecule has 0 aromatic rings. The minimum absolute atomic E-state index is 0.0497. The molecule has 0 rings (SSSR count). The third-order valence-corrected chi connectivity index (χ3v) is 1.75. The van der Waals surface area contributed by atoms with Gasteiger partial charge in [0.2, 0.25) is 5.91 Å². The van der Waals surface area contributed by atoms with Gasteiger partial charge in [-0.25, -0.2) is 0 Å². The van der Waals surface area contributed by atoms with Gasteiger partial charge in [-0.1, -0.05) is 6.92 Å². The maximum absolute atomic E-state index is 11.1. The van der Waals surface area contributed by atoms with E-state index in [0.29, 0.717) is 13.2 Å². The SMILES string of the molecule is CCC(C)NC(=O)COCCCN. The number of hydrogen-bond acceptors (Lipinski definition) is 3. The van der Waals surface area contributed by atoms with E-state index < -0.39 is 0 Å². The van der Waals surface area contributed by atoms with Gasteiger partial charge in [0, 0.05) is 12.6 Å². The van der Waals surface area contributed by atoms with Crippen molar-refractivity contribution in [2.24, 2.45) is 5.73 Å². The lowest BCUT2D eigenvalue weighted by Crippen LogP contribution is -2.34. The second kappa shape index (κ2) is 8.01. The summed E-state index contributed by atoms with van der Waals surface area (Å²) in [5, 5.41) is 2.81. The quantitative estimate of drug-likeness (QED) is 0.563. The molecule has 1 atom stereocenters. The molecule has 0 saturated heterocycles. The summed E-state index contributed by atoms with van der Waals surface area (Å²) in [5.74, 6) is -0.0497. The Labute approximate surface area is 79.8 Å². The molecule has 0 radical (unpaired) electrons. The lowest BCUT2D eigenvalue weighted by Gasteiger charge is -2.11. The van der Waals surface area contributed by atoms with Crippen molar-refractivity contribution in [3.05, 3.63) is 0 Å². The van der Waals surface area contributed by atoms with Gasteiger partial charge in [-0.2, -0.15) is 0 Å². The molecule has 4 nitrogen and oxygen atoms in total. The Balaban J connectivity index is 3.30. The Morgan fingerprint density at radius 2 is 2.31 bits per heavy atom. The number of nitrogens with one attached hydrogen (secondary N) is 1. The van der Waals surface area contributed by atoms with E-state index in [1.54, 1.807) is 0 Å². The third-order valence-electron chi connectivity index (χ3n) is 1.75. The number of rotatable bonds is 7. The van der Waals surface area contributed by atoms with E-state index in [2.05, 4.69) is 5.32 Å². The highest BCUT2D eigenvalue weighted by Gasteiger charge is 2.04. The number of carbonyl (C=O) groups is 1. The monoisotopic (exact) mass is 188 g/mol. The number of carbonyl (C=O) groups excluding carboxylic acids is 1. The van der Waals surface area contributed by atoms with Gasteiger partial charge >= 0.3 is 0 Å². The molecule has 1 unspecified atom stereocenters. The Kier molecular flexibility index (Phi) is 7.63. The van der Waals surface area contributed by atoms with Crippen molar-refractivity contribution >= 4 is 5.91 Å². The minimum atomic E-state index is -0.0497. The summed E-state index contributed by atoms with van der Waals surface area (Å²) < 4.78 is 5.09. The lowest BCUT2D eigenvalue weighted by molar-refractivity contribution is -0.126. The molecule has 0 heterocycles. The van der Waals surface area contributed by atoms with E-state index in [-0.39, 0.29) is 18.6 Å². The molecular formula is C9H20N2O2. The zero-order valence-corrected chi connectivity index (χ0v) is 8.51. The van der Waals surface area contributed by atoms with Gasteiger partial charge in [-0.05, 0) is 26.3 Å². The molecule has 0 aliphatic heterocycles. The van der Waals surface area contributed by atoms with Crippen LogP contribution < -0.4 is 11.1 Å². The molecular weight excluding hydrogens is 168 g/mol. The highest BCUT2D eigenvalue weighted by Crippen LogP contribution is 1.88. The summed E-state index contributed by atoms with van der Waals surface area (Å²) in [4.78, 5) is 11.1. The van der Waals surface area contributed by atoms with Crippen LogP contribution >= 0.6 is 0 Å². The van der Waals surface area contributed by atoms with Gasteiger partial charge < -0.3 is 15.8 Å². The van der Waals surface area contributed by atoms with E-state index in [1.165, 1.54) is 0 Å².